The average molecular weight is 265 g/mol. The van der Waals surface area contributed by atoms with Crippen molar-refractivity contribution in [3.05, 3.63) is 23.8 Å². The molecule has 0 aliphatic heterocycles. The number of rotatable bonds is 7. The van der Waals surface area contributed by atoms with Gasteiger partial charge in [0.15, 0.2) is 0 Å². The molecular formula is C16H27NO2. The van der Waals surface area contributed by atoms with Gasteiger partial charge in [-0.05, 0) is 30.4 Å². The Morgan fingerprint density at radius 1 is 1.16 bits per heavy atom. The number of methoxy groups -OCH3 is 1. The summed E-state index contributed by atoms with van der Waals surface area (Å²) in [5.41, 5.74) is 0.909. The minimum Gasteiger partial charge on any atom is -0.507 e. The van der Waals surface area contributed by atoms with Crippen LogP contribution in [-0.4, -0.2) is 18.8 Å². The molecule has 0 heterocycles. The first-order valence-corrected chi connectivity index (χ1v) is 7.02. The van der Waals surface area contributed by atoms with Gasteiger partial charge in [-0.15, -0.1) is 0 Å². The molecule has 0 spiro atoms. The van der Waals surface area contributed by atoms with Crippen LogP contribution in [0.1, 0.15) is 33.3 Å². The summed E-state index contributed by atoms with van der Waals surface area (Å²) < 4.78 is 5.08. The van der Waals surface area contributed by atoms with Crippen LogP contribution in [0.2, 0.25) is 0 Å². The van der Waals surface area contributed by atoms with Gasteiger partial charge in [0, 0.05) is 18.2 Å². The number of hydrogen-bond acceptors (Lipinski definition) is 3. The minimum absolute atomic E-state index is 0.289. The maximum Gasteiger partial charge on any atom is 0.123 e. The predicted octanol–water partition coefficient (Wildman–Crippen LogP) is 3.42. The van der Waals surface area contributed by atoms with E-state index in [1.807, 2.05) is 12.1 Å². The summed E-state index contributed by atoms with van der Waals surface area (Å²) in [7, 11) is 1.60. The van der Waals surface area contributed by atoms with Crippen molar-refractivity contribution >= 4 is 0 Å². The summed E-state index contributed by atoms with van der Waals surface area (Å²) in [6, 6.07) is 5.43. The highest BCUT2D eigenvalue weighted by atomic mass is 16.5. The van der Waals surface area contributed by atoms with Crippen LogP contribution >= 0.6 is 0 Å². The van der Waals surface area contributed by atoms with Gasteiger partial charge in [-0.1, -0.05) is 33.8 Å². The van der Waals surface area contributed by atoms with Gasteiger partial charge in [0.2, 0.25) is 0 Å². The Labute approximate surface area is 117 Å². The van der Waals surface area contributed by atoms with Crippen LogP contribution in [-0.2, 0) is 6.54 Å². The van der Waals surface area contributed by atoms with Crippen LogP contribution in [0.15, 0.2) is 18.2 Å². The molecule has 0 fully saturated rings. The van der Waals surface area contributed by atoms with Crippen LogP contribution < -0.4 is 10.1 Å². The topological polar surface area (TPSA) is 41.5 Å². The number of benzene rings is 1. The molecule has 0 radical (unpaired) electrons. The van der Waals surface area contributed by atoms with Crippen LogP contribution in [0.25, 0.3) is 0 Å². The summed E-state index contributed by atoms with van der Waals surface area (Å²) in [4.78, 5) is 0. The van der Waals surface area contributed by atoms with Gasteiger partial charge < -0.3 is 15.2 Å². The maximum absolute atomic E-state index is 9.89. The second-order valence-corrected chi connectivity index (χ2v) is 5.78. The SMILES string of the molecule is COc1ccc(CNCC(C(C)C)C(C)C)c(O)c1. The quantitative estimate of drug-likeness (QED) is 0.793. The summed E-state index contributed by atoms with van der Waals surface area (Å²) in [5, 5.41) is 13.3. The third kappa shape index (κ3) is 4.75. The predicted molar refractivity (Wildman–Crippen MR) is 79.5 cm³/mol. The summed E-state index contributed by atoms with van der Waals surface area (Å²) in [6.07, 6.45) is 0. The lowest BCUT2D eigenvalue weighted by Crippen LogP contribution is -2.29. The standard InChI is InChI=1S/C16H27NO2/c1-11(2)15(12(3)4)10-17-9-13-6-7-14(19-5)8-16(13)18/h6-8,11-12,15,17-18H,9-10H2,1-5H3. The van der Waals surface area contributed by atoms with Gasteiger partial charge in [-0.25, -0.2) is 0 Å². The van der Waals surface area contributed by atoms with Crippen LogP contribution in [0.5, 0.6) is 11.5 Å². The smallest absolute Gasteiger partial charge is 0.123 e. The highest BCUT2D eigenvalue weighted by Crippen LogP contribution is 2.24. The second kappa shape index (κ2) is 7.39. The van der Waals surface area contributed by atoms with Gasteiger partial charge in [0.25, 0.3) is 0 Å². The molecule has 1 aromatic carbocycles. The molecule has 1 aromatic rings. The monoisotopic (exact) mass is 265 g/mol. The number of phenolic OH excluding ortho intramolecular Hbond substituents is 1. The second-order valence-electron chi connectivity index (χ2n) is 5.78. The molecule has 0 unspecified atom stereocenters. The molecule has 0 aliphatic rings. The van der Waals surface area contributed by atoms with Gasteiger partial charge >= 0.3 is 0 Å². The lowest BCUT2D eigenvalue weighted by molar-refractivity contribution is 0.275. The first-order valence-electron chi connectivity index (χ1n) is 7.02. The van der Waals surface area contributed by atoms with E-state index >= 15 is 0 Å². The number of phenols is 1. The van der Waals surface area contributed by atoms with Crippen LogP contribution in [0, 0.1) is 17.8 Å². The zero-order chi connectivity index (χ0) is 14.4. The van der Waals surface area contributed by atoms with Crippen molar-refractivity contribution in [2.24, 2.45) is 17.8 Å². The van der Waals surface area contributed by atoms with E-state index in [9.17, 15) is 5.11 Å². The fraction of sp³-hybridized carbons (Fsp3) is 0.625. The van der Waals surface area contributed by atoms with Gasteiger partial charge in [0.05, 0.1) is 7.11 Å². The van der Waals surface area contributed by atoms with Gasteiger partial charge in [0.1, 0.15) is 11.5 Å². The molecular weight excluding hydrogens is 238 g/mol. The third-order valence-electron chi connectivity index (χ3n) is 3.70. The normalized spacial score (nSPS) is 11.6. The first-order chi connectivity index (χ1) is 8.95. The van der Waals surface area contributed by atoms with Crippen molar-refractivity contribution < 1.29 is 9.84 Å². The van der Waals surface area contributed by atoms with Gasteiger partial charge in [-0.2, -0.15) is 0 Å². The summed E-state index contributed by atoms with van der Waals surface area (Å²) >= 11 is 0. The summed E-state index contributed by atoms with van der Waals surface area (Å²) in [5.74, 6) is 2.95. The maximum atomic E-state index is 9.89. The van der Waals surface area contributed by atoms with E-state index in [1.54, 1.807) is 13.2 Å². The highest BCUT2D eigenvalue weighted by molar-refractivity contribution is 5.39. The highest BCUT2D eigenvalue weighted by Gasteiger charge is 2.16. The molecule has 1 rings (SSSR count). The van der Waals surface area contributed by atoms with E-state index in [2.05, 4.69) is 33.0 Å². The van der Waals surface area contributed by atoms with Crippen molar-refractivity contribution in [2.75, 3.05) is 13.7 Å². The Balaban J connectivity index is 2.53. The van der Waals surface area contributed by atoms with Crippen molar-refractivity contribution in [1.29, 1.82) is 0 Å². The molecule has 0 amide bonds. The van der Waals surface area contributed by atoms with E-state index in [0.29, 0.717) is 30.0 Å². The number of hydrogen-bond donors (Lipinski definition) is 2. The molecule has 0 aromatic heterocycles. The Kier molecular flexibility index (Phi) is 6.16. The first kappa shape index (κ1) is 15.8. The van der Waals surface area contributed by atoms with E-state index in [4.69, 9.17) is 4.74 Å². The fourth-order valence-electron chi connectivity index (χ4n) is 2.43. The van der Waals surface area contributed by atoms with Crippen molar-refractivity contribution in [2.45, 2.75) is 34.2 Å². The van der Waals surface area contributed by atoms with E-state index in [0.717, 1.165) is 12.1 Å². The Bertz CT molecular complexity index is 380. The molecule has 3 heteroatoms. The number of aromatic hydroxyl groups is 1. The molecule has 2 N–H and O–H groups in total. The Morgan fingerprint density at radius 2 is 1.79 bits per heavy atom. The average Bonchev–Trinajstić information content (AvgIpc) is 2.35. The molecule has 19 heavy (non-hydrogen) atoms. The zero-order valence-corrected chi connectivity index (χ0v) is 12.7. The number of ether oxygens (including phenoxy) is 1. The van der Waals surface area contributed by atoms with Crippen molar-refractivity contribution in [1.82, 2.24) is 5.32 Å². The molecule has 0 atom stereocenters. The zero-order valence-electron chi connectivity index (χ0n) is 12.7. The lowest BCUT2D eigenvalue weighted by Gasteiger charge is -2.25. The minimum atomic E-state index is 0.289. The molecule has 3 nitrogen and oxygen atoms in total. The van der Waals surface area contributed by atoms with Crippen molar-refractivity contribution in [3.8, 4) is 11.5 Å². The summed E-state index contributed by atoms with van der Waals surface area (Å²) in [6.45, 7) is 10.7. The fourth-order valence-corrected chi connectivity index (χ4v) is 2.43. The van der Waals surface area contributed by atoms with Crippen LogP contribution in [0.4, 0.5) is 0 Å². The van der Waals surface area contributed by atoms with Crippen LogP contribution in [0.3, 0.4) is 0 Å². The molecule has 108 valence electrons. The largest absolute Gasteiger partial charge is 0.507 e. The molecule has 0 bridgehead atoms. The van der Waals surface area contributed by atoms with Gasteiger partial charge in [-0.3, -0.25) is 0 Å². The Hall–Kier alpha value is -1.22. The van der Waals surface area contributed by atoms with E-state index < -0.39 is 0 Å². The third-order valence-corrected chi connectivity index (χ3v) is 3.70. The molecule has 0 saturated heterocycles. The lowest BCUT2D eigenvalue weighted by atomic mass is 9.85. The van der Waals surface area contributed by atoms with E-state index in [-0.39, 0.29) is 5.75 Å². The molecule has 0 saturated carbocycles. The van der Waals surface area contributed by atoms with Crippen molar-refractivity contribution in [3.63, 3.8) is 0 Å². The Morgan fingerprint density at radius 3 is 2.26 bits per heavy atom. The number of nitrogens with one attached hydrogen (secondary N) is 1. The van der Waals surface area contributed by atoms with E-state index in [1.165, 1.54) is 0 Å². The molecule has 0 aliphatic carbocycles.